The fourth-order valence-corrected chi connectivity index (χ4v) is 3.46. The van der Waals surface area contributed by atoms with E-state index < -0.39 is 33.2 Å². The van der Waals surface area contributed by atoms with Gasteiger partial charge in [0.15, 0.2) is 9.84 Å². The maximum atomic E-state index is 11.9. The second-order valence-electron chi connectivity index (χ2n) is 5.53. The molecule has 0 atom stereocenters. The van der Waals surface area contributed by atoms with Gasteiger partial charge in [0.25, 0.3) is 0 Å². The molecular formula is C15H20N2O4S. The van der Waals surface area contributed by atoms with E-state index in [1.165, 1.54) is 4.90 Å². The van der Waals surface area contributed by atoms with Gasteiger partial charge in [0, 0.05) is 18.8 Å². The molecule has 0 radical (unpaired) electrons. The van der Waals surface area contributed by atoms with E-state index in [9.17, 15) is 18.0 Å². The van der Waals surface area contributed by atoms with Gasteiger partial charge in [0.1, 0.15) is 11.5 Å². The van der Waals surface area contributed by atoms with Crippen molar-refractivity contribution in [3.05, 3.63) is 29.8 Å². The van der Waals surface area contributed by atoms with Gasteiger partial charge in [0.05, 0.1) is 0 Å². The summed E-state index contributed by atoms with van der Waals surface area (Å²) in [6.07, 6.45) is 1.80. The van der Waals surface area contributed by atoms with Crippen LogP contribution < -0.4 is 5.32 Å². The Kier molecular flexibility index (Phi) is 5.18. The number of hydrogen-bond donors (Lipinski definition) is 1. The Morgan fingerprint density at radius 1 is 1.09 bits per heavy atom. The summed E-state index contributed by atoms with van der Waals surface area (Å²) in [7, 11) is -3.75. The predicted molar refractivity (Wildman–Crippen MR) is 84.3 cm³/mol. The molecule has 0 unspecified atom stereocenters. The fraction of sp³-hybridized carbons (Fsp3) is 0.467. The monoisotopic (exact) mass is 324 g/mol. The van der Waals surface area contributed by atoms with Crippen LogP contribution in [0.1, 0.15) is 18.4 Å². The van der Waals surface area contributed by atoms with E-state index in [2.05, 4.69) is 5.32 Å². The molecule has 7 heteroatoms. The SMILES string of the molecule is Cc1ccc(NC(=O)CS(=O)(=O)CC(=O)N2CCCC2)cc1. The molecule has 1 aromatic carbocycles. The molecule has 0 aliphatic carbocycles. The first-order chi connectivity index (χ1) is 10.4. The second-order valence-corrected chi connectivity index (χ2v) is 7.60. The number of nitrogens with zero attached hydrogens (tertiary/aromatic N) is 1. The lowest BCUT2D eigenvalue weighted by molar-refractivity contribution is -0.127. The summed E-state index contributed by atoms with van der Waals surface area (Å²) in [5, 5.41) is 2.53. The van der Waals surface area contributed by atoms with Gasteiger partial charge in [-0.1, -0.05) is 17.7 Å². The molecule has 120 valence electrons. The Labute approximate surface area is 130 Å². The van der Waals surface area contributed by atoms with Gasteiger partial charge in [-0.3, -0.25) is 9.59 Å². The maximum absolute atomic E-state index is 11.9. The number of aryl methyl sites for hydroxylation is 1. The zero-order chi connectivity index (χ0) is 16.2. The van der Waals surface area contributed by atoms with Gasteiger partial charge >= 0.3 is 0 Å². The van der Waals surface area contributed by atoms with E-state index in [1.807, 2.05) is 19.1 Å². The molecule has 2 rings (SSSR count). The Balaban J connectivity index is 1.88. The van der Waals surface area contributed by atoms with Gasteiger partial charge in [-0.15, -0.1) is 0 Å². The van der Waals surface area contributed by atoms with Crippen molar-refractivity contribution >= 4 is 27.3 Å². The molecule has 1 aliphatic heterocycles. The second kappa shape index (κ2) is 6.91. The standard InChI is InChI=1S/C15H20N2O4S/c1-12-4-6-13(7-5-12)16-14(18)10-22(20,21)11-15(19)17-8-2-3-9-17/h4-7H,2-3,8-11H2,1H3,(H,16,18). The quantitative estimate of drug-likeness (QED) is 0.875. The van der Waals surface area contributed by atoms with Crippen molar-refractivity contribution in [1.29, 1.82) is 0 Å². The van der Waals surface area contributed by atoms with Crippen LogP contribution in [-0.2, 0) is 19.4 Å². The highest BCUT2D eigenvalue weighted by Crippen LogP contribution is 2.10. The van der Waals surface area contributed by atoms with Crippen LogP contribution >= 0.6 is 0 Å². The van der Waals surface area contributed by atoms with Crippen LogP contribution in [0.5, 0.6) is 0 Å². The van der Waals surface area contributed by atoms with Crippen LogP contribution in [0.2, 0.25) is 0 Å². The number of carbonyl (C=O) groups excluding carboxylic acids is 2. The van der Waals surface area contributed by atoms with Gasteiger partial charge in [-0.25, -0.2) is 8.42 Å². The summed E-state index contributed by atoms with van der Waals surface area (Å²) < 4.78 is 23.9. The number of benzene rings is 1. The lowest BCUT2D eigenvalue weighted by Gasteiger charge is -2.15. The van der Waals surface area contributed by atoms with Crippen LogP contribution in [0.4, 0.5) is 5.69 Å². The number of likely N-dealkylation sites (tertiary alicyclic amines) is 1. The molecule has 0 aromatic heterocycles. The first-order valence-electron chi connectivity index (χ1n) is 7.20. The molecule has 1 fully saturated rings. The van der Waals surface area contributed by atoms with Crippen molar-refractivity contribution in [3.63, 3.8) is 0 Å². The minimum Gasteiger partial charge on any atom is -0.342 e. The van der Waals surface area contributed by atoms with E-state index in [0.717, 1.165) is 18.4 Å². The largest absolute Gasteiger partial charge is 0.342 e. The third-order valence-corrected chi connectivity index (χ3v) is 4.88. The summed E-state index contributed by atoms with van der Waals surface area (Å²) in [5.74, 6) is -2.33. The molecule has 1 aromatic rings. The number of rotatable bonds is 5. The molecule has 1 saturated heterocycles. The zero-order valence-corrected chi connectivity index (χ0v) is 13.4. The Bertz CT molecular complexity index is 647. The average Bonchev–Trinajstić information content (AvgIpc) is 2.94. The molecule has 1 N–H and O–H groups in total. The molecule has 0 spiro atoms. The highest BCUT2D eigenvalue weighted by atomic mass is 32.2. The fourth-order valence-electron chi connectivity index (χ4n) is 2.33. The molecule has 0 saturated carbocycles. The van der Waals surface area contributed by atoms with Gasteiger partial charge in [-0.2, -0.15) is 0 Å². The molecule has 22 heavy (non-hydrogen) atoms. The summed E-state index contributed by atoms with van der Waals surface area (Å²) in [4.78, 5) is 25.2. The van der Waals surface area contributed by atoms with Crippen LogP contribution in [-0.4, -0.2) is 49.7 Å². The van der Waals surface area contributed by atoms with Crippen molar-refractivity contribution in [2.45, 2.75) is 19.8 Å². The Morgan fingerprint density at radius 3 is 2.27 bits per heavy atom. The summed E-state index contributed by atoms with van der Waals surface area (Å²) in [6.45, 7) is 3.12. The minimum absolute atomic E-state index is 0.416. The van der Waals surface area contributed by atoms with Gasteiger partial charge in [-0.05, 0) is 31.9 Å². The zero-order valence-electron chi connectivity index (χ0n) is 12.5. The van der Waals surface area contributed by atoms with Gasteiger partial charge < -0.3 is 10.2 Å². The summed E-state index contributed by atoms with van der Waals surface area (Å²) in [5.41, 5.74) is 1.58. The molecule has 6 nitrogen and oxygen atoms in total. The van der Waals surface area contributed by atoms with E-state index in [-0.39, 0.29) is 0 Å². The predicted octanol–water partition coefficient (Wildman–Crippen LogP) is 0.971. The normalized spacial score (nSPS) is 14.9. The van der Waals surface area contributed by atoms with Crippen LogP contribution in [0.3, 0.4) is 0 Å². The van der Waals surface area contributed by atoms with Crippen LogP contribution in [0.25, 0.3) is 0 Å². The number of carbonyl (C=O) groups is 2. The Hall–Kier alpha value is -1.89. The smallest absolute Gasteiger partial charge is 0.239 e. The third-order valence-electron chi connectivity index (χ3n) is 3.49. The van der Waals surface area contributed by atoms with E-state index in [1.54, 1.807) is 12.1 Å². The number of sulfone groups is 1. The minimum atomic E-state index is -3.75. The highest BCUT2D eigenvalue weighted by Gasteiger charge is 2.25. The topological polar surface area (TPSA) is 83.5 Å². The highest BCUT2D eigenvalue weighted by molar-refractivity contribution is 7.92. The lowest BCUT2D eigenvalue weighted by atomic mass is 10.2. The van der Waals surface area contributed by atoms with Crippen LogP contribution in [0.15, 0.2) is 24.3 Å². The van der Waals surface area contributed by atoms with Gasteiger partial charge in [0.2, 0.25) is 11.8 Å². The first-order valence-corrected chi connectivity index (χ1v) is 9.02. The van der Waals surface area contributed by atoms with E-state index in [0.29, 0.717) is 18.8 Å². The van der Waals surface area contributed by atoms with Crippen molar-refractivity contribution in [3.8, 4) is 0 Å². The number of nitrogens with one attached hydrogen (secondary N) is 1. The molecule has 0 bridgehead atoms. The number of hydrogen-bond acceptors (Lipinski definition) is 4. The average molecular weight is 324 g/mol. The molecular weight excluding hydrogens is 304 g/mol. The van der Waals surface area contributed by atoms with Crippen molar-refractivity contribution < 1.29 is 18.0 Å². The number of anilines is 1. The van der Waals surface area contributed by atoms with Crippen LogP contribution in [0, 0.1) is 6.92 Å². The third kappa shape index (κ3) is 4.84. The van der Waals surface area contributed by atoms with Crippen molar-refractivity contribution in [2.75, 3.05) is 29.9 Å². The summed E-state index contributed by atoms with van der Waals surface area (Å²) >= 11 is 0. The number of amides is 2. The molecule has 2 amide bonds. The molecule has 1 aliphatic rings. The van der Waals surface area contributed by atoms with E-state index >= 15 is 0 Å². The first kappa shape index (κ1) is 16.5. The van der Waals surface area contributed by atoms with Crippen molar-refractivity contribution in [2.24, 2.45) is 0 Å². The molecule has 1 heterocycles. The Morgan fingerprint density at radius 2 is 1.68 bits per heavy atom. The van der Waals surface area contributed by atoms with Crippen molar-refractivity contribution in [1.82, 2.24) is 4.90 Å². The lowest BCUT2D eigenvalue weighted by Crippen LogP contribution is -2.36. The summed E-state index contributed by atoms with van der Waals surface area (Å²) in [6, 6.07) is 7.05. The maximum Gasteiger partial charge on any atom is 0.239 e. The van der Waals surface area contributed by atoms with E-state index in [4.69, 9.17) is 0 Å².